The van der Waals surface area contributed by atoms with E-state index < -0.39 is 6.36 Å². The summed E-state index contributed by atoms with van der Waals surface area (Å²) in [4.78, 5) is 4.16. The molecule has 0 aliphatic rings. The van der Waals surface area contributed by atoms with Crippen LogP contribution < -0.4 is 10.1 Å². The van der Waals surface area contributed by atoms with E-state index in [0.717, 1.165) is 0 Å². The number of hydrogen-bond acceptors (Lipinski definition) is 3. The molecule has 21 heavy (non-hydrogen) atoms. The second-order valence-corrected chi connectivity index (χ2v) is 5.37. The van der Waals surface area contributed by atoms with Crippen molar-refractivity contribution in [2.24, 2.45) is 7.05 Å². The number of aryl methyl sites for hydroxylation is 1. The molecule has 1 heterocycles. The minimum Gasteiger partial charge on any atom is -0.404 e. The molecule has 1 unspecified atom stereocenters. The summed E-state index contributed by atoms with van der Waals surface area (Å²) in [6, 6.07) is 4.14. The Kier molecular flexibility index (Phi) is 4.46. The van der Waals surface area contributed by atoms with E-state index in [2.05, 4.69) is 31.0 Å². The molecule has 0 aliphatic carbocycles. The number of alkyl halides is 3. The van der Waals surface area contributed by atoms with Gasteiger partial charge in [-0.1, -0.05) is 15.9 Å². The summed E-state index contributed by atoms with van der Waals surface area (Å²) in [5, 5.41) is 2.97. The van der Waals surface area contributed by atoms with E-state index in [1.807, 2.05) is 14.0 Å². The van der Waals surface area contributed by atoms with E-state index in [4.69, 9.17) is 0 Å². The zero-order valence-corrected chi connectivity index (χ0v) is 12.9. The van der Waals surface area contributed by atoms with Gasteiger partial charge < -0.3 is 14.6 Å². The first-order valence-corrected chi connectivity index (χ1v) is 6.84. The standard InChI is InChI=1S/C13H13BrF3N3O/c1-8(12-18-5-6-20(12)2)19-10-4-3-9(14)7-11(10)21-13(15,16)17/h3-8,19H,1-2H3. The molecule has 0 aliphatic heterocycles. The minimum atomic E-state index is -4.75. The number of imidazole rings is 1. The monoisotopic (exact) mass is 363 g/mol. The molecule has 2 aromatic rings. The zero-order chi connectivity index (χ0) is 15.6. The molecule has 0 bridgehead atoms. The van der Waals surface area contributed by atoms with Crippen LogP contribution in [0.1, 0.15) is 18.8 Å². The second-order valence-electron chi connectivity index (χ2n) is 4.45. The van der Waals surface area contributed by atoms with E-state index >= 15 is 0 Å². The highest BCUT2D eigenvalue weighted by molar-refractivity contribution is 9.10. The maximum atomic E-state index is 12.4. The van der Waals surface area contributed by atoms with Crippen molar-refractivity contribution in [1.82, 2.24) is 9.55 Å². The van der Waals surface area contributed by atoms with E-state index in [0.29, 0.717) is 10.3 Å². The largest absolute Gasteiger partial charge is 0.573 e. The molecule has 1 aromatic heterocycles. The molecule has 0 saturated carbocycles. The van der Waals surface area contributed by atoms with Crippen LogP contribution in [0.3, 0.4) is 0 Å². The number of halogens is 4. The van der Waals surface area contributed by atoms with E-state index in [1.165, 1.54) is 12.1 Å². The molecule has 1 atom stereocenters. The molecule has 114 valence electrons. The van der Waals surface area contributed by atoms with Gasteiger partial charge in [0.2, 0.25) is 0 Å². The Morgan fingerprint density at radius 1 is 1.38 bits per heavy atom. The highest BCUT2D eigenvalue weighted by atomic mass is 79.9. The molecule has 0 amide bonds. The van der Waals surface area contributed by atoms with Crippen LogP contribution in [0.15, 0.2) is 35.1 Å². The van der Waals surface area contributed by atoms with Crippen molar-refractivity contribution in [2.45, 2.75) is 19.3 Å². The Morgan fingerprint density at radius 2 is 2.10 bits per heavy atom. The maximum absolute atomic E-state index is 12.4. The summed E-state index contributed by atoms with van der Waals surface area (Å²) in [5.41, 5.74) is 0.242. The average Bonchev–Trinajstić information content (AvgIpc) is 2.77. The average molecular weight is 364 g/mol. The first-order chi connectivity index (χ1) is 9.76. The fourth-order valence-corrected chi connectivity index (χ4v) is 2.26. The van der Waals surface area contributed by atoms with Crippen molar-refractivity contribution in [2.75, 3.05) is 5.32 Å². The second kappa shape index (κ2) is 5.97. The highest BCUT2D eigenvalue weighted by Crippen LogP contribution is 2.34. The third-order valence-corrected chi connectivity index (χ3v) is 3.28. The molecule has 0 radical (unpaired) electrons. The number of ether oxygens (including phenoxy) is 1. The van der Waals surface area contributed by atoms with Crippen molar-refractivity contribution in [3.63, 3.8) is 0 Å². The lowest BCUT2D eigenvalue weighted by molar-refractivity contribution is -0.274. The lowest BCUT2D eigenvalue weighted by atomic mass is 10.2. The van der Waals surface area contributed by atoms with Gasteiger partial charge in [0.1, 0.15) is 5.82 Å². The number of hydrogen-bond donors (Lipinski definition) is 1. The van der Waals surface area contributed by atoms with Crippen LogP contribution in [0.5, 0.6) is 5.75 Å². The van der Waals surface area contributed by atoms with Gasteiger partial charge in [-0.05, 0) is 25.1 Å². The SMILES string of the molecule is CC(Nc1ccc(Br)cc1OC(F)(F)F)c1nccn1C. The number of benzene rings is 1. The van der Waals surface area contributed by atoms with Gasteiger partial charge >= 0.3 is 6.36 Å². The van der Waals surface area contributed by atoms with E-state index in [1.54, 1.807) is 23.0 Å². The van der Waals surface area contributed by atoms with Gasteiger partial charge in [-0.2, -0.15) is 0 Å². The molecule has 1 aromatic carbocycles. The van der Waals surface area contributed by atoms with Gasteiger partial charge in [-0.25, -0.2) is 4.98 Å². The lowest BCUT2D eigenvalue weighted by Gasteiger charge is -2.19. The van der Waals surface area contributed by atoms with Crippen LogP contribution in [0, 0.1) is 0 Å². The van der Waals surface area contributed by atoms with Crippen molar-refractivity contribution in [1.29, 1.82) is 0 Å². The van der Waals surface area contributed by atoms with Gasteiger partial charge in [-0.3, -0.25) is 0 Å². The third-order valence-electron chi connectivity index (χ3n) is 2.79. The van der Waals surface area contributed by atoms with Crippen LogP contribution >= 0.6 is 15.9 Å². The predicted octanol–water partition coefficient (Wildman–Crippen LogP) is 4.25. The smallest absolute Gasteiger partial charge is 0.404 e. The molecule has 0 fully saturated rings. The van der Waals surface area contributed by atoms with E-state index in [9.17, 15) is 13.2 Å². The van der Waals surface area contributed by atoms with Crippen molar-refractivity contribution in [3.05, 3.63) is 40.9 Å². The molecule has 0 saturated heterocycles. The summed E-state index contributed by atoms with van der Waals surface area (Å²) in [6.07, 6.45) is -1.35. The number of anilines is 1. The number of rotatable bonds is 4. The quantitative estimate of drug-likeness (QED) is 0.882. The van der Waals surface area contributed by atoms with Crippen molar-refractivity contribution < 1.29 is 17.9 Å². The molecule has 4 nitrogen and oxygen atoms in total. The van der Waals surface area contributed by atoms with Gasteiger partial charge in [0.25, 0.3) is 0 Å². The fourth-order valence-electron chi connectivity index (χ4n) is 1.92. The normalized spacial score (nSPS) is 13.0. The third kappa shape index (κ3) is 4.13. The van der Waals surface area contributed by atoms with E-state index in [-0.39, 0.29) is 17.5 Å². The van der Waals surface area contributed by atoms with Crippen LogP contribution in [-0.2, 0) is 7.05 Å². The summed E-state index contributed by atoms with van der Waals surface area (Å²) in [5.74, 6) is 0.411. The molecule has 8 heteroatoms. The first kappa shape index (κ1) is 15.7. The number of nitrogens with zero attached hydrogens (tertiary/aromatic N) is 2. The molecular formula is C13H13BrF3N3O. The summed E-state index contributed by atoms with van der Waals surface area (Å²) >= 11 is 3.13. The Bertz CT molecular complexity index is 627. The predicted molar refractivity (Wildman–Crippen MR) is 76.1 cm³/mol. The number of nitrogens with one attached hydrogen (secondary N) is 1. The maximum Gasteiger partial charge on any atom is 0.573 e. The Morgan fingerprint density at radius 3 is 2.67 bits per heavy atom. The summed E-state index contributed by atoms with van der Waals surface area (Å²) < 4.78 is 43.7. The van der Waals surface area contributed by atoms with Gasteiger partial charge in [0.05, 0.1) is 11.7 Å². The molecule has 1 N–H and O–H groups in total. The van der Waals surface area contributed by atoms with Crippen LogP contribution in [0.2, 0.25) is 0 Å². The fraction of sp³-hybridized carbons (Fsp3) is 0.308. The Labute approximate surface area is 128 Å². The molecule has 2 rings (SSSR count). The van der Waals surface area contributed by atoms with Gasteiger partial charge in [-0.15, -0.1) is 13.2 Å². The molecular weight excluding hydrogens is 351 g/mol. The Balaban J connectivity index is 2.25. The lowest BCUT2D eigenvalue weighted by Crippen LogP contribution is -2.19. The summed E-state index contributed by atoms with van der Waals surface area (Å²) in [6.45, 7) is 1.81. The topological polar surface area (TPSA) is 39.1 Å². The zero-order valence-electron chi connectivity index (χ0n) is 11.3. The summed E-state index contributed by atoms with van der Waals surface area (Å²) in [7, 11) is 1.81. The highest BCUT2D eigenvalue weighted by Gasteiger charge is 2.32. The minimum absolute atomic E-state index is 0.242. The van der Waals surface area contributed by atoms with Gasteiger partial charge in [0.15, 0.2) is 5.75 Å². The Hall–Kier alpha value is -1.70. The van der Waals surface area contributed by atoms with Crippen LogP contribution in [-0.4, -0.2) is 15.9 Å². The molecule has 0 spiro atoms. The number of aromatic nitrogens is 2. The van der Waals surface area contributed by atoms with Crippen LogP contribution in [0.4, 0.5) is 18.9 Å². The van der Waals surface area contributed by atoms with Crippen molar-refractivity contribution >= 4 is 21.6 Å². The van der Waals surface area contributed by atoms with Crippen LogP contribution in [0.25, 0.3) is 0 Å². The van der Waals surface area contributed by atoms with Gasteiger partial charge in [0, 0.05) is 23.9 Å². The van der Waals surface area contributed by atoms with Crippen molar-refractivity contribution in [3.8, 4) is 5.75 Å². The first-order valence-electron chi connectivity index (χ1n) is 6.05.